The number of rotatable bonds is 2. The zero-order valence-electron chi connectivity index (χ0n) is 10.2. The number of para-hydroxylation sites is 1. The number of hydrogen-bond donors (Lipinski definition) is 1. The van der Waals surface area contributed by atoms with Gasteiger partial charge in [-0.15, -0.1) is 0 Å². The Kier molecular flexibility index (Phi) is 3.43. The van der Waals surface area contributed by atoms with Gasteiger partial charge in [0.2, 0.25) is 0 Å². The van der Waals surface area contributed by atoms with Gasteiger partial charge < -0.3 is 10.1 Å². The zero-order chi connectivity index (χ0) is 12.4. The summed E-state index contributed by atoms with van der Waals surface area (Å²) in [4.78, 5) is 13.5. The van der Waals surface area contributed by atoms with Crippen molar-refractivity contribution in [2.24, 2.45) is 0 Å². The number of benzene rings is 1. The minimum absolute atomic E-state index is 0.255. The Balaban J connectivity index is 2.33. The van der Waals surface area contributed by atoms with E-state index in [0.29, 0.717) is 11.5 Å². The maximum absolute atomic E-state index is 11.8. The van der Waals surface area contributed by atoms with E-state index in [4.69, 9.17) is 4.74 Å². The molecule has 1 aliphatic heterocycles. The number of thioether (sulfide) groups is 1. The predicted octanol–water partition coefficient (Wildman–Crippen LogP) is 3.31. The number of carbonyl (C=O) groups is 1. The average molecular weight is 249 g/mol. The smallest absolute Gasteiger partial charge is 0.346 e. The quantitative estimate of drug-likeness (QED) is 0.816. The molecule has 90 valence electrons. The van der Waals surface area contributed by atoms with Crippen LogP contribution in [0.5, 0.6) is 0 Å². The van der Waals surface area contributed by atoms with Crippen molar-refractivity contribution in [2.75, 3.05) is 11.9 Å². The van der Waals surface area contributed by atoms with Gasteiger partial charge >= 0.3 is 5.97 Å². The lowest BCUT2D eigenvalue weighted by atomic mass is 10.2. The van der Waals surface area contributed by atoms with Gasteiger partial charge in [0.05, 0.1) is 12.3 Å². The van der Waals surface area contributed by atoms with Gasteiger partial charge in [-0.2, -0.15) is 0 Å². The lowest BCUT2D eigenvalue weighted by Gasteiger charge is -2.22. The molecule has 0 unspecified atom stereocenters. The van der Waals surface area contributed by atoms with E-state index in [1.165, 1.54) is 17.3 Å². The van der Waals surface area contributed by atoms with E-state index in [1.807, 2.05) is 26.0 Å². The van der Waals surface area contributed by atoms with Gasteiger partial charge in [-0.05, 0) is 32.4 Å². The van der Waals surface area contributed by atoms with Crippen LogP contribution in [0.4, 0.5) is 5.69 Å². The Labute approximate surface area is 105 Å². The summed E-state index contributed by atoms with van der Waals surface area (Å²) in [6.45, 7) is 6.16. The van der Waals surface area contributed by atoms with Crippen LogP contribution in [0.2, 0.25) is 0 Å². The summed E-state index contributed by atoms with van der Waals surface area (Å²) >= 11 is 1.47. The van der Waals surface area contributed by atoms with Crippen LogP contribution in [0.1, 0.15) is 19.4 Å². The molecule has 0 radical (unpaired) electrons. The first kappa shape index (κ1) is 12.0. The second-order valence-corrected chi connectivity index (χ2v) is 4.90. The number of aryl methyl sites for hydroxylation is 1. The summed E-state index contributed by atoms with van der Waals surface area (Å²) in [5.41, 5.74) is 3.12. The lowest BCUT2D eigenvalue weighted by molar-refractivity contribution is -0.137. The Morgan fingerprint density at radius 3 is 2.88 bits per heavy atom. The molecule has 0 atom stereocenters. The third kappa shape index (κ3) is 2.31. The van der Waals surface area contributed by atoms with E-state index in [9.17, 15) is 4.79 Å². The van der Waals surface area contributed by atoms with Crippen LogP contribution in [0.15, 0.2) is 33.7 Å². The summed E-state index contributed by atoms with van der Waals surface area (Å²) in [6, 6.07) is 6.05. The molecule has 0 amide bonds. The first-order valence-corrected chi connectivity index (χ1v) is 6.37. The van der Waals surface area contributed by atoms with Gasteiger partial charge in [-0.3, -0.25) is 0 Å². The Bertz CT molecular complexity index is 494. The van der Waals surface area contributed by atoms with E-state index in [0.717, 1.165) is 16.3 Å². The fourth-order valence-corrected chi connectivity index (χ4v) is 2.74. The van der Waals surface area contributed by atoms with Gasteiger partial charge in [-0.1, -0.05) is 23.9 Å². The van der Waals surface area contributed by atoms with E-state index in [2.05, 4.69) is 18.3 Å². The first-order chi connectivity index (χ1) is 8.13. The molecule has 3 nitrogen and oxygen atoms in total. The molecule has 0 bridgehead atoms. The highest BCUT2D eigenvalue weighted by Gasteiger charge is 2.23. The van der Waals surface area contributed by atoms with Crippen LogP contribution in [-0.4, -0.2) is 12.6 Å². The number of allylic oxidation sites excluding steroid dienone is 1. The Morgan fingerprint density at radius 1 is 1.41 bits per heavy atom. The summed E-state index contributed by atoms with van der Waals surface area (Å²) in [6.07, 6.45) is 0. The van der Waals surface area contributed by atoms with Gasteiger partial charge in [0.1, 0.15) is 4.91 Å². The zero-order valence-corrected chi connectivity index (χ0v) is 11.0. The second kappa shape index (κ2) is 4.84. The summed E-state index contributed by atoms with van der Waals surface area (Å²) in [7, 11) is 0. The first-order valence-electron chi connectivity index (χ1n) is 5.56. The Morgan fingerprint density at radius 2 is 2.18 bits per heavy atom. The number of nitrogens with one attached hydrogen (secondary N) is 1. The minimum Gasteiger partial charge on any atom is -0.462 e. The van der Waals surface area contributed by atoms with Gasteiger partial charge in [-0.25, -0.2) is 4.79 Å². The number of esters is 1. The standard InChI is InChI=1S/C13H15NO2S/c1-4-16-13(15)12-9(3)14-11-8(2)6-5-7-10(11)17-12/h5-7,14H,4H2,1-3H3. The number of ether oxygens (including phenoxy) is 1. The normalized spacial score (nSPS) is 14.1. The average Bonchev–Trinajstić information content (AvgIpc) is 2.30. The molecular formula is C13H15NO2S. The molecule has 0 saturated carbocycles. The number of carbonyl (C=O) groups excluding carboxylic acids is 1. The van der Waals surface area contributed by atoms with Crippen molar-refractivity contribution in [2.45, 2.75) is 25.7 Å². The molecule has 1 aromatic carbocycles. The van der Waals surface area contributed by atoms with Crippen LogP contribution in [0.25, 0.3) is 0 Å². The van der Waals surface area contributed by atoms with Crippen molar-refractivity contribution >= 4 is 23.4 Å². The molecule has 1 N–H and O–H groups in total. The molecule has 0 saturated heterocycles. The molecule has 1 aliphatic rings. The summed E-state index contributed by atoms with van der Waals surface area (Å²) < 4.78 is 5.04. The van der Waals surface area contributed by atoms with Crippen LogP contribution in [0.3, 0.4) is 0 Å². The molecule has 0 aliphatic carbocycles. The van der Waals surface area contributed by atoms with Crippen LogP contribution in [0, 0.1) is 6.92 Å². The molecule has 1 aromatic rings. The van der Waals surface area contributed by atoms with Gasteiger partial charge in [0.15, 0.2) is 0 Å². The topological polar surface area (TPSA) is 38.3 Å². The number of anilines is 1. The van der Waals surface area contributed by atoms with E-state index in [1.54, 1.807) is 0 Å². The summed E-state index contributed by atoms with van der Waals surface area (Å²) in [5.74, 6) is -0.255. The van der Waals surface area contributed by atoms with Crippen molar-refractivity contribution in [3.63, 3.8) is 0 Å². The highest BCUT2D eigenvalue weighted by molar-refractivity contribution is 8.04. The predicted molar refractivity (Wildman–Crippen MR) is 70.0 cm³/mol. The molecular weight excluding hydrogens is 234 g/mol. The van der Waals surface area contributed by atoms with Crippen molar-refractivity contribution in [1.82, 2.24) is 0 Å². The van der Waals surface area contributed by atoms with Crippen molar-refractivity contribution in [1.29, 1.82) is 0 Å². The largest absolute Gasteiger partial charge is 0.462 e. The number of hydrogen-bond acceptors (Lipinski definition) is 4. The molecule has 4 heteroatoms. The number of fused-ring (bicyclic) bond motifs is 1. The van der Waals surface area contributed by atoms with Crippen LogP contribution >= 0.6 is 11.8 Å². The van der Waals surface area contributed by atoms with Crippen LogP contribution in [-0.2, 0) is 9.53 Å². The maximum Gasteiger partial charge on any atom is 0.346 e. The molecule has 0 spiro atoms. The lowest BCUT2D eigenvalue weighted by Crippen LogP contribution is -2.14. The molecule has 0 fully saturated rings. The highest BCUT2D eigenvalue weighted by atomic mass is 32.2. The van der Waals surface area contributed by atoms with E-state index >= 15 is 0 Å². The van der Waals surface area contributed by atoms with Crippen LogP contribution < -0.4 is 5.32 Å². The van der Waals surface area contributed by atoms with Gasteiger partial charge in [0, 0.05) is 10.6 Å². The molecule has 0 aromatic heterocycles. The highest BCUT2D eigenvalue weighted by Crippen LogP contribution is 2.41. The SMILES string of the molecule is CCOC(=O)C1=C(C)Nc2c(C)cccc2S1. The third-order valence-electron chi connectivity index (χ3n) is 2.56. The minimum atomic E-state index is -0.255. The Hall–Kier alpha value is -1.42. The molecule has 17 heavy (non-hydrogen) atoms. The second-order valence-electron chi connectivity index (χ2n) is 3.85. The van der Waals surface area contributed by atoms with Crippen molar-refractivity contribution in [3.05, 3.63) is 34.4 Å². The van der Waals surface area contributed by atoms with E-state index < -0.39 is 0 Å². The maximum atomic E-state index is 11.8. The van der Waals surface area contributed by atoms with Crippen molar-refractivity contribution < 1.29 is 9.53 Å². The van der Waals surface area contributed by atoms with Crippen molar-refractivity contribution in [3.8, 4) is 0 Å². The fraction of sp³-hybridized carbons (Fsp3) is 0.308. The molecule has 1 heterocycles. The van der Waals surface area contributed by atoms with Gasteiger partial charge in [0.25, 0.3) is 0 Å². The summed E-state index contributed by atoms with van der Waals surface area (Å²) in [5, 5.41) is 3.28. The monoisotopic (exact) mass is 249 g/mol. The fourth-order valence-electron chi connectivity index (χ4n) is 1.71. The van der Waals surface area contributed by atoms with E-state index in [-0.39, 0.29) is 5.97 Å². The molecule has 2 rings (SSSR count). The third-order valence-corrected chi connectivity index (χ3v) is 3.80.